The standard InChI is InChI=1S/C34H24N4O/c1-3-11-22(12-4-2)36-28-16-8-5-13-24(28)26-21-23(19-20-29(26)36)37-32-25-14-6-10-18-31(25)39-33(32)38-30-17-9-7-15-27(30)35-34(37)38/h3-21H,1H2,2H3/b12-4-,22-11+. The minimum absolute atomic E-state index is 0.798. The average Bonchev–Trinajstić information content (AvgIpc) is 3.69. The second kappa shape index (κ2) is 8.10. The van der Waals surface area contributed by atoms with Crippen molar-refractivity contribution in [1.29, 1.82) is 0 Å². The molecule has 8 rings (SSSR count). The SMILES string of the molecule is C=C/C=C(\C=C/C)n1c2ccccc2c2cc(-n3c4c5ccccc5oc4n4c5ccccc5nc34)ccc21. The highest BCUT2D eigenvalue weighted by molar-refractivity contribution is 6.12. The first-order valence-corrected chi connectivity index (χ1v) is 13.1. The highest BCUT2D eigenvalue weighted by Crippen LogP contribution is 2.38. The van der Waals surface area contributed by atoms with Crippen molar-refractivity contribution in [2.45, 2.75) is 6.92 Å². The summed E-state index contributed by atoms with van der Waals surface area (Å²) in [6, 6.07) is 31.6. The third-order valence-electron chi connectivity index (χ3n) is 7.52. The number of fused-ring (bicyclic) bond motifs is 10. The molecule has 4 aromatic carbocycles. The molecule has 0 bridgehead atoms. The molecule has 4 aromatic heterocycles. The Morgan fingerprint density at radius 3 is 2.41 bits per heavy atom. The van der Waals surface area contributed by atoms with Gasteiger partial charge in [0.2, 0.25) is 11.5 Å². The first-order chi connectivity index (χ1) is 19.3. The number of hydrogen-bond donors (Lipinski definition) is 0. The second-order valence-corrected chi connectivity index (χ2v) is 9.70. The molecule has 0 amide bonds. The largest absolute Gasteiger partial charge is 0.437 e. The van der Waals surface area contributed by atoms with Crippen LogP contribution in [0.25, 0.3) is 72.2 Å². The summed E-state index contributed by atoms with van der Waals surface area (Å²) < 4.78 is 13.1. The van der Waals surface area contributed by atoms with Gasteiger partial charge < -0.3 is 8.98 Å². The van der Waals surface area contributed by atoms with Crippen LogP contribution in [0.1, 0.15) is 6.92 Å². The molecule has 5 nitrogen and oxygen atoms in total. The van der Waals surface area contributed by atoms with Crippen LogP contribution in [-0.2, 0) is 0 Å². The van der Waals surface area contributed by atoms with Crippen molar-refractivity contribution in [3.05, 3.63) is 122 Å². The van der Waals surface area contributed by atoms with Crippen molar-refractivity contribution in [3.8, 4) is 5.69 Å². The fraction of sp³-hybridized carbons (Fsp3) is 0.0294. The van der Waals surface area contributed by atoms with E-state index in [4.69, 9.17) is 9.40 Å². The van der Waals surface area contributed by atoms with E-state index in [1.54, 1.807) is 0 Å². The number of imidazole rings is 2. The van der Waals surface area contributed by atoms with E-state index in [1.807, 2.05) is 49.4 Å². The lowest BCUT2D eigenvalue weighted by Crippen LogP contribution is -1.97. The quantitative estimate of drug-likeness (QED) is 0.225. The zero-order chi connectivity index (χ0) is 26.1. The lowest BCUT2D eigenvalue weighted by molar-refractivity contribution is 0.651. The van der Waals surface area contributed by atoms with Crippen molar-refractivity contribution >= 4 is 66.5 Å². The molecular formula is C34H24N4O. The Morgan fingerprint density at radius 1 is 0.821 bits per heavy atom. The summed E-state index contributed by atoms with van der Waals surface area (Å²) in [5, 5.41) is 3.43. The Kier molecular flexibility index (Phi) is 4.52. The Hall–Kier alpha value is -5.29. The van der Waals surface area contributed by atoms with Crippen LogP contribution in [0.2, 0.25) is 0 Å². The second-order valence-electron chi connectivity index (χ2n) is 9.70. The van der Waals surface area contributed by atoms with E-state index in [0.29, 0.717) is 0 Å². The highest BCUT2D eigenvalue weighted by atomic mass is 16.3. The molecule has 0 unspecified atom stereocenters. The zero-order valence-corrected chi connectivity index (χ0v) is 21.4. The molecule has 39 heavy (non-hydrogen) atoms. The van der Waals surface area contributed by atoms with Gasteiger partial charge in [0.15, 0.2) is 0 Å². The van der Waals surface area contributed by atoms with Crippen LogP contribution in [0.15, 0.2) is 126 Å². The van der Waals surface area contributed by atoms with Gasteiger partial charge in [-0.2, -0.15) is 0 Å². The van der Waals surface area contributed by atoms with Crippen LogP contribution >= 0.6 is 0 Å². The van der Waals surface area contributed by atoms with E-state index in [9.17, 15) is 0 Å². The monoisotopic (exact) mass is 504 g/mol. The van der Waals surface area contributed by atoms with Crippen LogP contribution in [-0.4, -0.2) is 18.5 Å². The van der Waals surface area contributed by atoms with Crippen LogP contribution in [0.4, 0.5) is 0 Å². The molecule has 0 atom stereocenters. The number of allylic oxidation sites excluding steroid dienone is 5. The molecule has 0 spiro atoms. The number of furan rings is 1. The predicted molar refractivity (Wildman–Crippen MR) is 162 cm³/mol. The third kappa shape index (κ3) is 2.92. The average molecular weight is 505 g/mol. The summed E-state index contributed by atoms with van der Waals surface area (Å²) in [6.07, 6.45) is 8.07. The van der Waals surface area contributed by atoms with E-state index in [-0.39, 0.29) is 0 Å². The molecule has 0 N–H and O–H groups in total. The molecular weight excluding hydrogens is 480 g/mol. The van der Waals surface area contributed by atoms with E-state index in [0.717, 1.165) is 61.4 Å². The maximum absolute atomic E-state index is 6.45. The van der Waals surface area contributed by atoms with Gasteiger partial charge >= 0.3 is 0 Å². The Bertz CT molecular complexity index is 2320. The van der Waals surface area contributed by atoms with Crippen molar-refractivity contribution < 1.29 is 4.42 Å². The highest BCUT2D eigenvalue weighted by Gasteiger charge is 2.23. The van der Waals surface area contributed by atoms with Crippen molar-refractivity contribution in [2.24, 2.45) is 0 Å². The number of aromatic nitrogens is 4. The number of nitrogens with zero attached hydrogens (tertiary/aromatic N) is 4. The van der Waals surface area contributed by atoms with E-state index >= 15 is 0 Å². The van der Waals surface area contributed by atoms with Gasteiger partial charge in [-0.15, -0.1) is 0 Å². The van der Waals surface area contributed by atoms with Gasteiger partial charge in [0, 0.05) is 21.9 Å². The van der Waals surface area contributed by atoms with Gasteiger partial charge in [0.25, 0.3) is 0 Å². The van der Waals surface area contributed by atoms with Crippen LogP contribution in [0.3, 0.4) is 0 Å². The zero-order valence-electron chi connectivity index (χ0n) is 21.4. The molecule has 0 saturated heterocycles. The number of para-hydroxylation sites is 4. The van der Waals surface area contributed by atoms with Crippen molar-refractivity contribution in [2.75, 3.05) is 0 Å². The third-order valence-corrected chi connectivity index (χ3v) is 7.52. The molecule has 0 aliphatic heterocycles. The predicted octanol–water partition coefficient (Wildman–Crippen LogP) is 8.89. The lowest BCUT2D eigenvalue weighted by Gasteiger charge is -2.09. The summed E-state index contributed by atoms with van der Waals surface area (Å²) in [5.74, 6) is 0.833. The molecule has 0 radical (unpaired) electrons. The molecule has 0 aliphatic rings. The fourth-order valence-electron chi connectivity index (χ4n) is 5.97. The minimum atomic E-state index is 0.798. The van der Waals surface area contributed by atoms with Gasteiger partial charge in [-0.25, -0.2) is 9.38 Å². The van der Waals surface area contributed by atoms with Gasteiger partial charge in [-0.1, -0.05) is 61.2 Å². The molecule has 4 heterocycles. The van der Waals surface area contributed by atoms with Crippen LogP contribution < -0.4 is 0 Å². The summed E-state index contributed by atoms with van der Waals surface area (Å²) in [6.45, 7) is 5.99. The maximum atomic E-state index is 6.45. The van der Waals surface area contributed by atoms with Gasteiger partial charge in [0.05, 0.1) is 27.8 Å². The van der Waals surface area contributed by atoms with Crippen molar-refractivity contribution in [1.82, 2.24) is 18.5 Å². The summed E-state index contributed by atoms with van der Waals surface area (Å²) in [4.78, 5) is 5.06. The minimum Gasteiger partial charge on any atom is -0.437 e. The Labute approximate surface area is 223 Å². The number of hydrogen-bond acceptors (Lipinski definition) is 2. The van der Waals surface area contributed by atoms with E-state index in [2.05, 4.69) is 92.9 Å². The summed E-state index contributed by atoms with van der Waals surface area (Å²) in [7, 11) is 0. The molecule has 0 fully saturated rings. The normalized spacial score (nSPS) is 12.9. The van der Waals surface area contributed by atoms with E-state index < -0.39 is 0 Å². The fourth-order valence-corrected chi connectivity index (χ4v) is 5.97. The molecule has 0 saturated carbocycles. The van der Waals surface area contributed by atoms with Gasteiger partial charge in [0.1, 0.15) is 11.1 Å². The number of rotatable bonds is 4. The molecule has 8 aromatic rings. The van der Waals surface area contributed by atoms with E-state index in [1.165, 1.54) is 10.8 Å². The topological polar surface area (TPSA) is 40.3 Å². The summed E-state index contributed by atoms with van der Waals surface area (Å²) in [5.41, 5.74) is 9.03. The first kappa shape index (κ1) is 21.8. The van der Waals surface area contributed by atoms with Crippen LogP contribution in [0, 0.1) is 0 Å². The maximum Gasteiger partial charge on any atom is 0.232 e. The summed E-state index contributed by atoms with van der Waals surface area (Å²) >= 11 is 0. The molecule has 5 heteroatoms. The number of benzene rings is 4. The molecule has 186 valence electrons. The first-order valence-electron chi connectivity index (χ1n) is 13.1. The smallest absolute Gasteiger partial charge is 0.232 e. The van der Waals surface area contributed by atoms with Crippen LogP contribution in [0.5, 0.6) is 0 Å². The lowest BCUT2D eigenvalue weighted by atomic mass is 10.1. The van der Waals surface area contributed by atoms with Gasteiger partial charge in [-0.05, 0) is 67.6 Å². The molecule has 0 aliphatic carbocycles. The Morgan fingerprint density at radius 2 is 1.56 bits per heavy atom. The Balaban J connectivity index is 1.52. The van der Waals surface area contributed by atoms with Gasteiger partial charge in [-0.3, -0.25) is 4.57 Å². The van der Waals surface area contributed by atoms with Crippen molar-refractivity contribution in [3.63, 3.8) is 0 Å².